The van der Waals surface area contributed by atoms with Gasteiger partial charge in [-0.25, -0.2) is 17.5 Å². The summed E-state index contributed by atoms with van der Waals surface area (Å²) in [6.45, 7) is 1.69. The molecule has 1 atom stereocenters. The summed E-state index contributed by atoms with van der Waals surface area (Å²) in [7, 11) is -2.44. The number of benzene rings is 1. The van der Waals surface area contributed by atoms with Crippen LogP contribution in [0.3, 0.4) is 0 Å². The van der Waals surface area contributed by atoms with Gasteiger partial charge < -0.3 is 10.2 Å². The third-order valence-corrected chi connectivity index (χ3v) is 4.92. The standard InChI is InChI=1S/C12H16ClNO5S/c1-8(15)5-6-14(2)20(18,19)9-3-4-11(13)10(7-9)12(16)17/h3-4,7-8,15H,5-6H2,1-2H3,(H,16,17). The van der Waals surface area contributed by atoms with Crippen molar-refractivity contribution in [1.82, 2.24) is 4.31 Å². The fraction of sp³-hybridized carbons (Fsp3) is 0.417. The fourth-order valence-electron chi connectivity index (χ4n) is 1.50. The molecule has 0 saturated heterocycles. The van der Waals surface area contributed by atoms with Crippen LogP contribution in [0.5, 0.6) is 0 Å². The van der Waals surface area contributed by atoms with Gasteiger partial charge in [0, 0.05) is 13.6 Å². The Labute approximate surface area is 122 Å². The lowest BCUT2D eigenvalue weighted by Crippen LogP contribution is -2.29. The molecule has 1 aromatic carbocycles. The van der Waals surface area contributed by atoms with E-state index in [1.807, 2.05) is 0 Å². The molecule has 0 amide bonds. The number of hydrogen-bond acceptors (Lipinski definition) is 4. The molecule has 1 aromatic rings. The first-order chi connectivity index (χ1) is 9.16. The lowest BCUT2D eigenvalue weighted by Gasteiger charge is -2.18. The molecule has 0 aliphatic rings. The summed E-state index contributed by atoms with van der Waals surface area (Å²) in [6.07, 6.45) is -0.331. The first-order valence-corrected chi connectivity index (χ1v) is 7.65. The van der Waals surface area contributed by atoms with Crippen LogP contribution in [0, 0.1) is 0 Å². The smallest absolute Gasteiger partial charge is 0.337 e. The molecule has 20 heavy (non-hydrogen) atoms. The Morgan fingerprint density at radius 3 is 2.55 bits per heavy atom. The molecule has 0 aromatic heterocycles. The van der Waals surface area contributed by atoms with E-state index in [9.17, 15) is 18.3 Å². The normalized spacial score (nSPS) is 13.4. The van der Waals surface area contributed by atoms with Crippen molar-refractivity contribution >= 4 is 27.6 Å². The molecule has 0 heterocycles. The summed E-state index contributed by atoms with van der Waals surface area (Å²) in [4.78, 5) is 10.8. The highest BCUT2D eigenvalue weighted by Crippen LogP contribution is 2.22. The van der Waals surface area contributed by atoms with Gasteiger partial charge in [-0.1, -0.05) is 11.6 Å². The first kappa shape index (κ1) is 16.9. The van der Waals surface area contributed by atoms with Crippen molar-refractivity contribution in [3.63, 3.8) is 0 Å². The third-order valence-electron chi connectivity index (χ3n) is 2.74. The summed E-state index contributed by atoms with van der Waals surface area (Å²) in [5, 5.41) is 18.1. The molecule has 0 fully saturated rings. The zero-order chi connectivity index (χ0) is 15.5. The van der Waals surface area contributed by atoms with Crippen LogP contribution in [-0.4, -0.2) is 48.6 Å². The highest BCUT2D eigenvalue weighted by atomic mass is 35.5. The number of sulfonamides is 1. The van der Waals surface area contributed by atoms with Crippen molar-refractivity contribution in [2.75, 3.05) is 13.6 Å². The minimum absolute atomic E-state index is 0.0249. The molecule has 0 radical (unpaired) electrons. The highest BCUT2D eigenvalue weighted by Gasteiger charge is 2.23. The molecule has 0 aliphatic heterocycles. The van der Waals surface area contributed by atoms with Gasteiger partial charge in [0.1, 0.15) is 0 Å². The monoisotopic (exact) mass is 321 g/mol. The second-order valence-electron chi connectivity index (χ2n) is 4.41. The molecule has 0 bridgehead atoms. The SMILES string of the molecule is CC(O)CCN(C)S(=O)(=O)c1ccc(Cl)c(C(=O)O)c1. The van der Waals surface area contributed by atoms with Gasteiger partial charge in [-0.3, -0.25) is 0 Å². The Morgan fingerprint density at radius 2 is 2.05 bits per heavy atom. The van der Waals surface area contributed by atoms with Crippen molar-refractivity contribution in [1.29, 1.82) is 0 Å². The Bertz CT molecular complexity index is 600. The van der Waals surface area contributed by atoms with E-state index in [0.717, 1.165) is 10.4 Å². The molecule has 1 rings (SSSR count). The number of carboxylic acid groups (broad SMARTS) is 1. The van der Waals surface area contributed by atoms with Crippen molar-refractivity contribution < 1.29 is 23.4 Å². The molecular weight excluding hydrogens is 306 g/mol. The van der Waals surface area contributed by atoms with E-state index in [1.165, 1.54) is 19.2 Å². The minimum Gasteiger partial charge on any atom is -0.478 e. The Hall–Kier alpha value is -1.15. The largest absolute Gasteiger partial charge is 0.478 e. The molecule has 0 aliphatic carbocycles. The number of aliphatic hydroxyl groups excluding tert-OH is 1. The van der Waals surface area contributed by atoms with E-state index in [1.54, 1.807) is 6.92 Å². The molecule has 8 heteroatoms. The minimum atomic E-state index is -3.81. The van der Waals surface area contributed by atoms with Crippen LogP contribution in [0.1, 0.15) is 23.7 Å². The number of hydrogen-bond donors (Lipinski definition) is 2. The zero-order valence-corrected chi connectivity index (χ0v) is 12.6. The molecule has 2 N–H and O–H groups in total. The summed E-state index contributed by atoms with van der Waals surface area (Å²) >= 11 is 5.70. The topological polar surface area (TPSA) is 94.9 Å². The average Bonchev–Trinajstić information content (AvgIpc) is 2.35. The van der Waals surface area contributed by atoms with Crippen LogP contribution >= 0.6 is 11.6 Å². The van der Waals surface area contributed by atoms with Gasteiger partial charge in [0.15, 0.2) is 0 Å². The third kappa shape index (κ3) is 3.92. The lowest BCUT2D eigenvalue weighted by atomic mass is 10.2. The van der Waals surface area contributed by atoms with Gasteiger partial charge >= 0.3 is 5.97 Å². The molecule has 112 valence electrons. The predicted octanol–water partition coefficient (Wildman–Crippen LogP) is 1.43. The molecule has 0 saturated carbocycles. The Kier molecular flexibility index (Phi) is 5.52. The molecule has 1 unspecified atom stereocenters. The summed E-state index contributed by atoms with van der Waals surface area (Å²) < 4.78 is 25.5. The fourth-order valence-corrected chi connectivity index (χ4v) is 2.91. The van der Waals surface area contributed by atoms with Gasteiger partial charge in [0.05, 0.1) is 21.6 Å². The average molecular weight is 322 g/mol. The van der Waals surface area contributed by atoms with Crippen LogP contribution in [0.2, 0.25) is 5.02 Å². The quantitative estimate of drug-likeness (QED) is 0.826. The van der Waals surface area contributed by atoms with Crippen LogP contribution < -0.4 is 0 Å². The predicted molar refractivity (Wildman–Crippen MR) is 74.5 cm³/mol. The molecule has 6 nitrogen and oxygen atoms in total. The van der Waals surface area contributed by atoms with Crippen LogP contribution in [-0.2, 0) is 10.0 Å². The summed E-state index contributed by atoms with van der Waals surface area (Å²) in [5.74, 6) is -1.29. The Balaban J connectivity index is 3.09. The number of aliphatic hydroxyl groups is 1. The number of carbonyl (C=O) groups is 1. The maximum atomic E-state index is 12.2. The van der Waals surface area contributed by atoms with Gasteiger partial charge in [-0.15, -0.1) is 0 Å². The van der Waals surface area contributed by atoms with Crippen LogP contribution in [0.25, 0.3) is 0 Å². The number of rotatable bonds is 6. The number of carboxylic acids is 1. The van der Waals surface area contributed by atoms with E-state index in [2.05, 4.69) is 0 Å². The first-order valence-electron chi connectivity index (χ1n) is 5.83. The van der Waals surface area contributed by atoms with Gasteiger partial charge in [0.25, 0.3) is 0 Å². The summed E-state index contributed by atoms with van der Waals surface area (Å²) in [5.41, 5.74) is -0.267. The van der Waals surface area contributed by atoms with Crippen molar-refractivity contribution in [2.45, 2.75) is 24.3 Å². The van der Waals surface area contributed by atoms with Gasteiger partial charge in [0.2, 0.25) is 10.0 Å². The van der Waals surface area contributed by atoms with Crippen molar-refractivity contribution in [2.24, 2.45) is 0 Å². The van der Waals surface area contributed by atoms with E-state index >= 15 is 0 Å². The van der Waals surface area contributed by atoms with E-state index in [0.29, 0.717) is 0 Å². The maximum Gasteiger partial charge on any atom is 0.337 e. The van der Waals surface area contributed by atoms with E-state index in [-0.39, 0.29) is 28.4 Å². The van der Waals surface area contributed by atoms with E-state index in [4.69, 9.17) is 16.7 Å². The number of halogens is 1. The Morgan fingerprint density at radius 1 is 1.45 bits per heavy atom. The van der Waals surface area contributed by atoms with Crippen molar-refractivity contribution in [3.8, 4) is 0 Å². The highest BCUT2D eigenvalue weighted by molar-refractivity contribution is 7.89. The molecule has 0 spiro atoms. The number of nitrogens with zero attached hydrogens (tertiary/aromatic N) is 1. The maximum absolute atomic E-state index is 12.2. The molecular formula is C12H16ClNO5S. The van der Waals surface area contributed by atoms with E-state index < -0.39 is 22.1 Å². The number of aromatic carboxylic acids is 1. The van der Waals surface area contributed by atoms with Crippen LogP contribution in [0.4, 0.5) is 0 Å². The second-order valence-corrected chi connectivity index (χ2v) is 6.86. The zero-order valence-electron chi connectivity index (χ0n) is 11.1. The van der Waals surface area contributed by atoms with Gasteiger partial charge in [-0.05, 0) is 31.5 Å². The van der Waals surface area contributed by atoms with Gasteiger partial charge in [-0.2, -0.15) is 0 Å². The second kappa shape index (κ2) is 6.53. The lowest BCUT2D eigenvalue weighted by molar-refractivity contribution is 0.0697. The van der Waals surface area contributed by atoms with Crippen LogP contribution in [0.15, 0.2) is 23.1 Å². The summed E-state index contributed by atoms with van der Waals surface area (Å²) in [6, 6.07) is 3.52. The van der Waals surface area contributed by atoms with Crippen molar-refractivity contribution in [3.05, 3.63) is 28.8 Å².